The van der Waals surface area contributed by atoms with Gasteiger partial charge >= 0.3 is 12.2 Å². The summed E-state index contributed by atoms with van der Waals surface area (Å²) < 4.78 is 37.1. The Balaban J connectivity index is 1.45. The monoisotopic (exact) mass is 317 g/mol. The highest BCUT2D eigenvalue weighted by Gasteiger charge is 2.37. The summed E-state index contributed by atoms with van der Waals surface area (Å²) in [7, 11) is 0. The maximum absolute atomic E-state index is 12.4. The quantitative estimate of drug-likeness (QED) is 0.793. The van der Waals surface area contributed by atoms with E-state index < -0.39 is 12.7 Å². The first-order valence-electron chi connectivity index (χ1n) is 7.90. The van der Waals surface area contributed by atoms with Crippen LogP contribution in [0.5, 0.6) is 0 Å². The largest absolute Gasteiger partial charge is 0.401 e. The summed E-state index contributed by atoms with van der Waals surface area (Å²) in [5, 5.41) is 2.90. The van der Waals surface area contributed by atoms with Crippen LogP contribution in [0.2, 0.25) is 0 Å². The second-order valence-corrected chi connectivity index (χ2v) is 6.65. The summed E-state index contributed by atoms with van der Waals surface area (Å²) in [4.78, 5) is 15.5. The molecule has 124 valence electrons. The van der Waals surface area contributed by atoms with Gasteiger partial charge in [-0.15, -0.1) is 0 Å². The van der Waals surface area contributed by atoms with E-state index in [1.165, 1.54) is 4.90 Å². The van der Waals surface area contributed by atoms with E-state index in [0.717, 1.165) is 25.9 Å². The number of allylic oxidation sites excluding steroid dienone is 2. The number of alkyl halides is 3. The lowest BCUT2D eigenvalue weighted by atomic mass is 9.86. The van der Waals surface area contributed by atoms with Gasteiger partial charge < -0.3 is 10.2 Å². The van der Waals surface area contributed by atoms with Crippen LogP contribution in [0, 0.1) is 11.8 Å². The molecule has 0 aromatic rings. The summed E-state index contributed by atoms with van der Waals surface area (Å²) in [5.74, 6) is 1.09. The summed E-state index contributed by atoms with van der Waals surface area (Å²) in [6.07, 6.45) is 2.82. The molecular formula is C15H22F3N3O. The molecule has 0 aromatic carbocycles. The van der Waals surface area contributed by atoms with E-state index >= 15 is 0 Å². The van der Waals surface area contributed by atoms with Crippen molar-refractivity contribution in [3.63, 3.8) is 0 Å². The maximum Gasteiger partial charge on any atom is 0.401 e. The standard InChI is InChI=1S/C15H22F3N3O/c16-15(17,18)10-20-6-5-13(9-20)19-14(22)21-7-11-3-1-2-4-12(11)8-21/h1-2,11-13H,3-10H2,(H,19,22)/t11-,12-,13-/m1/s1. The molecule has 0 unspecified atom stereocenters. The van der Waals surface area contributed by atoms with Gasteiger partial charge in [0.1, 0.15) is 0 Å². The summed E-state index contributed by atoms with van der Waals surface area (Å²) in [6.45, 7) is 1.31. The third-order valence-corrected chi connectivity index (χ3v) is 4.91. The predicted octanol–water partition coefficient (Wildman–Crippen LogP) is 2.23. The van der Waals surface area contributed by atoms with Crippen LogP contribution in [-0.4, -0.2) is 60.8 Å². The molecule has 2 aliphatic heterocycles. The Morgan fingerprint density at radius 1 is 1.14 bits per heavy atom. The Kier molecular flexibility index (Phi) is 4.34. The predicted molar refractivity (Wildman–Crippen MR) is 76.4 cm³/mol. The van der Waals surface area contributed by atoms with Crippen molar-refractivity contribution in [1.82, 2.24) is 15.1 Å². The molecule has 3 rings (SSSR count). The lowest BCUT2D eigenvalue weighted by Gasteiger charge is -2.21. The molecule has 2 fully saturated rings. The number of likely N-dealkylation sites (tertiary alicyclic amines) is 2. The normalized spacial score (nSPS) is 32.3. The molecule has 2 heterocycles. The summed E-state index contributed by atoms with van der Waals surface area (Å²) in [6, 6.07) is -0.288. The van der Waals surface area contributed by atoms with Gasteiger partial charge in [-0.3, -0.25) is 4.90 Å². The Morgan fingerprint density at radius 2 is 1.77 bits per heavy atom. The van der Waals surface area contributed by atoms with Crippen LogP contribution in [0.25, 0.3) is 0 Å². The van der Waals surface area contributed by atoms with Crippen LogP contribution in [0.15, 0.2) is 12.2 Å². The van der Waals surface area contributed by atoms with Gasteiger partial charge in [-0.1, -0.05) is 12.2 Å². The van der Waals surface area contributed by atoms with Crippen molar-refractivity contribution in [2.45, 2.75) is 31.5 Å². The first-order valence-corrected chi connectivity index (χ1v) is 7.90. The van der Waals surface area contributed by atoms with E-state index in [2.05, 4.69) is 17.5 Å². The van der Waals surface area contributed by atoms with Gasteiger partial charge in [0, 0.05) is 32.2 Å². The van der Waals surface area contributed by atoms with Gasteiger partial charge in [-0.25, -0.2) is 4.79 Å². The molecule has 0 bridgehead atoms. The Labute approximate surface area is 128 Å². The smallest absolute Gasteiger partial charge is 0.334 e. The Hall–Kier alpha value is -1.24. The van der Waals surface area contributed by atoms with E-state index in [1.807, 2.05) is 4.90 Å². The molecule has 4 nitrogen and oxygen atoms in total. The molecule has 2 amide bonds. The first kappa shape index (κ1) is 15.6. The number of urea groups is 1. The molecule has 0 aromatic heterocycles. The average molecular weight is 317 g/mol. The van der Waals surface area contributed by atoms with Crippen molar-refractivity contribution in [2.24, 2.45) is 11.8 Å². The van der Waals surface area contributed by atoms with Gasteiger partial charge in [0.2, 0.25) is 0 Å². The Morgan fingerprint density at radius 3 is 2.36 bits per heavy atom. The van der Waals surface area contributed by atoms with Crippen LogP contribution in [0.1, 0.15) is 19.3 Å². The van der Waals surface area contributed by atoms with Crippen molar-refractivity contribution in [1.29, 1.82) is 0 Å². The SMILES string of the molecule is O=C(N[C@@H]1CCN(CC(F)(F)F)C1)N1C[C@H]2CC=CC[C@@H]2C1. The molecule has 1 aliphatic carbocycles. The first-order chi connectivity index (χ1) is 10.4. The molecule has 0 spiro atoms. The Bertz CT molecular complexity index is 436. The van der Waals surface area contributed by atoms with E-state index in [0.29, 0.717) is 24.8 Å². The molecule has 2 saturated heterocycles. The van der Waals surface area contributed by atoms with Gasteiger partial charge in [-0.05, 0) is 31.1 Å². The fourth-order valence-electron chi connectivity index (χ4n) is 3.79. The van der Waals surface area contributed by atoms with E-state index in [9.17, 15) is 18.0 Å². The van der Waals surface area contributed by atoms with Gasteiger partial charge in [0.05, 0.1) is 6.54 Å². The number of amides is 2. The van der Waals surface area contributed by atoms with Crippen molar-refractivity contribution >= 4 is 6.03 Å². The number of fused-ring (bicyclic) bond motifs is 1. The fraction of sp³-hybridized carbons (Fsp3) is 0.800. The van der Waals surface area contributed by atoms with Gasteiger partial charge in [0.25, 0.3) is 0 Å². The number of carbonyl (C=O) groups excluding carboxylic acids is 1. The van der Waals surface area contributed by atoms with Crippen LogP contribution in [0.3, 0.4) is 0 Å². The van der Waals surface area contributed by atoms with Crippen molar-refractivity contribution in [3.05, 3.63) is 12.2 Å². The number of hydrogen-bond donors (Lipinski definition) is 1. The van der Waals surface area contributed by atoms with Gasteiger partial charge in [0.15, 0.2) is 0 Å². The van der Waals surface area contributed by atoms with Crippen LogP contribution in [-0.2, 0) is 0 Å². The van der Waals surface area contributed by atoms with Crippen LogP contribution >= 0.6 is 0 Å². The third-order valence-electron chi connectivity index (χ3n) is 4.91. The summed E-state index contributed by atoms with van der Waals surface area (Å²) >= 11 is 0. The minimum absolute atomic E-state index is 0.117. The molecule has 7 heteroatoms. The topological polar surface area (TPSA) is 35.6 Å². The highest BCUT2D eigenvalue weighted by atomic mass is 19.4. The summed E-state index contributed by atoms with van der Waals surface area (Å²) in [5.41, 5.74) is 0. The van der Waals surface area contributed by atoms with Gasteiger partial charge in [-0.2, -0.15) is 13.2 Å². The highest BCUT2D eigenvalue weighted by molar-refractivity contribution is 5.75. The molecule has 0 radical (unpaired) electrons. The van der Waals surface area contributed by atoms with Crippen molar-refractivity contribution in [2.75, 3.05) is 32.7 Å². The molecule has 3 atom stereocenters. The zero-order chi connectivity index (χ0) is 15.7. The lowest BCUT2D eigenvalue weighted by Crippen LogP contribution is -2.45. The van der Waals surface area contributed by atoms with Crippen LogP contribution in [0.4, 0.5) is 18.0 Å². The minimum atomic E-state index is -4.17. The number of halogens is 3. The average Bonchev–Trinajstić information content (AvgIpc) is 3.03. The minimum Gasteiger partial charge on any atom is -0.334 e. The van der Waals surface area contributed by atoms with Crippen LogP contribution < -0.4 is 5.32 Å². The van der Waals surface area contributed by atoms with Crippen molar-refractivity contribution in [3.8, 4) is 0 Å². The zero-order valence-corrected chi connectivity index (χ0v) is 12.5. The van der Waals surface area contributed by atoms with E-state index in [1.54, 1.807) is 0 Å². The fourth-order valence-corrected chi connectivity index (χ4v) is 3.79. The second-order valence-electron chi connectivity index (χ2n) is 6.65. The number of carbonyl (C=O) groups is 1. The maximum atomic E-state index is 12.4. The van der Waals surface area contributed by atoms with E-state index in [-0.39, 0.29) is 18.6 Å². The molecule has 1 N–H and O–H groups in total. The zero-order valence-electron chi connectivity index (χ0n) is 12.5. The molecule has 3 aliphatic rings. The highest BCUT2D eigenvalue weighted by Crippen LogP contribution is 2.32. The lowest BCUT2D eigenvalue weighted by molar-refractivity contribution is -0.143. The third kappa shape index (κ3) is 3.74. The number of rotatable bonds is 2. The van der Waals surface area contributed by atoms with Crippen molar-refractivity contribution < 1.29 is 18.0 Å². The molecule has 22 heavy (non-hydrogen) atoms. The number of hydrogen-bond acceptors (Lipinski definition) is 2. The molecular weight excluding hydrogens is 295 g/mol. The number of nitrogens with one attached hydrogen (secondary N) is 1. The number of nitrogens with zero attached hydrogens (tertiary/aromatic N) is 2. The molecule has 0 saturated carbocycles. The van der Waals surface area contributed by atoms with E-state index in [4.69, 9.17) is 0 Å². The second kappa shape index (κ2) is 6.10.